The van der Waals surface area contributed by atoms with Crippen molar-refractivity contribution in [3.63, 3.8) is 0 Å². The SMILES string of the molecule is Cn1ncc(Cl)c1C(=O)Nc1nn(Cc2c(F)cccc2Cl)cc1Br. The minimum Gasteiger partial charge on any atom is -0.303 e. The Balaban J connectivity index is 1.82. The summed E-state index contributed by atoms with van der Waals surface area (Å²) in [6.07, 6.45) is 2.99. The van der Waals surface area contributed by atoms with Gasteiger partial charge >= 0.3 is 0 Å². The van der Waals surface area contributed by atoms with Gasteiger partial charge in [0.1, 0.15) is 11.5 Å². The predicted molar refractivity (Wildman–Crippen MR) is 96.6 cm³/mol. The van der Waals surface area contributed by atoms with Crippen LogP contribution in [0.25, 0.3) is 0 Å². The lowest BCUT2D eigenvalue weighted by molar-refractivity contribution is 0.101. The van der Waals surface area contributed by atoms with Crippen LogP contribution in [0.5, 0.6) is 0 Å². The monoisotopic (exact) mass is 445 g/mol. The molecule has 0 radical (unpaired) electrons. The first kappa shape index (κ1) is 17.9. The highest BCUT2D eigenvalue weighted by Crippen LogP contribution is 2.25. The number of amides is 1. The highest BCUT2D eigenvalue weighted by atomic mass is 79.9. The summed E-state index contributed by atoms with van der Waals surface area (Å²) in [6.45, 7) is 0.118. The number of nitrogens with one attached hydrogen (secondary N) is 1. The van der Waals surface area contributed by atoms with Crippen molar-refractivity contribution >= 4 is 50.9 Å². The van der Waals surface area contributed by atoms with Crippen molar-refractivity contribution in [2.45, 2.75) is 6.54 Å². The van der Waals surface area contributed by atoms with E-state index < -0.39 is 11.7 Å². The molecule has 2 aromatic heterocycles. The maximum Gasteiger partial charge on any atom is 0.276 e. The zero-order valence-electron chi connectivity index (χ0n) is 12.8. The Morgan fingerprint density at radius 3 is 2.76 bits per heavy atom. The lowest BCUT2D eigenvalue weighted by Gasteiger charge is -2.06. The Morgan fingerprint density at radius 1 is 1.36 bits per heavy atom. The van der Waals surface area contributed by atoms with Crippen LogP contribution in [-0.2, 0) is 13.6 Å². The highest BCUT2D eigenvalue weighted by molar-refractivity contribution is 9.10. The molecule has 0 bridgehead atoms. The van der Waals surface area contributed by atoms with Crippen molar-refractivity contribution < 1.29 is 9.18 Å². The second-order valence-corrected chi connectivity index (χ2v) is 6.81. The van der Waals surface area contributed by atoms with Gasteiger partial charge < -0.3 is 5.32 Å². The number of carbonyl (C=O) groups is 1. The Labute approximate surface area is 160 Å². The lowest BCUT2D eigenvalue weighted by atomic mass is 10.2. The molecule has 10 heteroatoms. The number of aryl methyl sites for hydroxylation is 1. The fourth-order valence-electron chi connectivity index (χ4n) is 2.24. The molecule has 6 nitrogen and oxygen atoms in total. The van der Waals surface area contributed by atoms with Crippen LogP contribution in [-0.4, -0.2) is 25.5 Å². The van der Waals surface area contributed by atoms with Gasteiger partial charge in [-0.15, -0.1) is 0 Å². The number of rotatable bonds is 4. The maximum atomic E-state index is 13.9. The van der Waals surface area contributed by atoms with Gasteiger partial charge in [-0.3, -0.25) is 14.2 Å². The van der Waals surface area contributed by atoms with Gasteiger partial charge in [0.25, 0.3) is 5.91 Å². The van der Waals surface area contributed by atoms with Gasteiger partial charge in [0.2, 0.25) is 0 Å². The number of halogens is 4. The summed E-state index contributed by atoms with van der Waals surface area (Å²) in [5, 5.41) is 11.3. The fourth-order valence-corrected chi connectivity index (χ4v) is 3.13. The topological polar surface area (TPSA) is 64.7 Å². The molecular weight excluding hydrogens is 436 g/mol. The summed E-state index contributed by atoms with van der Waals surface area (Å²) in [7, 11) is 1.61. The molecule has 3 rings (SSSR count). The third kappa shape index (κ3) is 3.70. The lowest BCUT2D eigenvalue weighted by Crippen LogP contribution is -2.17. The standard InChI is InChI=1S/C15H11BrCl2FN5O/c1-23-13(11(18)5-20-23)15(25)21-14-9(16)7-24(22-14)6-8-10(17)3-2-4-12(8)19/h2-5,7H,6H2,1H3,(H,21,22,25). The molecule has 0 spiro atoms. The second kappa shape index (κ2) is 7.15. The number of hydrogen-bond acceptors (Lipinski definition) is 3. The predicted octanol–water partition coefficient (Wildman–Crippen LogP) is 4.13. The van der Waals surface area contributed by atoms with Crippen LogP contribution in [0.4, 0.5) is 10.2 Å². The first-order chi connectivity index (χ1) is 11.9. The molecular formula is C15H11BrCl2FN5O. The average molecular weight is 447 g/mol. The average Bonchev–Trinajstić information content (AvgIpc) is 3.06. The van der Waals surface area contributed by atoms with Crippen LogP contribution in [0.1, 0.15) is 16.1 Å². The Kier molecular flexibility index (Phi) is 5.12. The van der Waals surface area contributed by atoms with Crippen LogP contribution < -0.4 is 5.32 Å². The molecule has 0 aliphatic rings. The van der Waals surface area contributed by atoms with Crippen LogP contribution in [0.15, 0.2) is 35.1 Å². The number of nitrogens with zero attached hydrogens (tertiary/aromatic N) is 4. The molecule has 1 aromatic carbocycles. The molecule has 0 saturated heterocycles. The van der Waals surface area contributed by atoms with E-state index in [4.69, 9.17) is 23.2 Å². The summed E-state index contributed by atoms with van der Waals surface area (Å²) in [5.74, 6) is -0.610. The third-order valence-corrected chi connectivity index (χ3v) is 4.65. The molecule has 0 fully saturated rings. The van der Waals surface area contributed by atoms with Crippen molar-refractivity contribution in [1.82, 2.24) is 19.6 Å². The van der Waals surface area contributed by atoms with Crippen LogP contribution in [0.3, 0.4) is 0 Å². The summed E-state index contributed by atoms with van der Waals surface area (Å²) in [6, 6.07) is 4.46. The molecule has 1 amide bonds. The number of aromatic nitrogens is 4. The molecule has 2 heterocycles. The molecule has 3 aromatic rings. The zero-order valence-corrected chi connectivity index (χ0v) is 15.9. The summed E-state index contributed by atoms with van der Waals surface area (Å²) < 4.78 is 17.3. The van der Waals surface area contributed by atoms with Crippen molar-refractivity contribution in [2.75, 3.05) is 5.32 Å². The molecule has 0 saturated carbocycles. The van der Waals surface area contributed by atoms with Gasteiger partial charge in [0.15, 0.2) is 5.82 Å². The van der Waals surface area contributed by atoms with Gasteiger partial charge in [-0.05, 0) is 28.1 Å². The molecule has 0 unspecified atom stereocenters. The van der Waals surface area contributed by atoms with Crippen molar-refractivity contribution in [3.8, 4) is 0 Å². The Hall–Kier alpha value is -1.90. The molecule has 130 valence electrons. The quantitative estimate of drug-likeness (QED) is 0.655. The van der Waals surface area contributed by atoms with E-state index in [1.165, 1.54) is 27.7 Å². The van der Waals surface area contributed by atoms with E-state index in [0.29, 0.717) is 15.1 Å². The van der Waals surface area contributed by atoms with Gasteiger partial charge in [0, 0.05) is 23.8 Å². The normalized spacial score (nSPS) is 10.9. The largest absolute Gasteiger partial charge is 0.303 e. The first-order valence-electron chi connectivity index (χ1n) is 7.01. The van der Waals surface area contributed by atoms with Crippen molar-refractivity contribution in [2.24, 2.45) is 7.05 Å². The number of hydrogen-bond donors (Lipinski definition) is 1. The number of benzene rings is 1. The molecule has 0 aliphatic carbocycles. The van der Waals surface area contributed by atoms with Crippen molar-refractivity contribution in [3.05, 3.63) is 62.2 Å². The fraction of sp³-hybridized carbons (Fsp3) is 0.133. The van der Waals surface area contributed by atoms with E-state index in [2.05, 4.69) is 31.4 Å². The summed E-state index contributed by atoms with van der Waals surface area (Å²) in [5.41, 5.74) is 0.520. The van der Waals surface area contributed by atoms with E-state index in [9.17, 15) is 9.18 Å². The van der Waals surface area contributed by atoms with Crippen molar-refractivity contribution in [1.29, 1.82) is 0 Å². The minimum absolute atomic E-state index is 0.118. The summed E-state index contributed by atoms with van der Waals surface area (Å²) in [4.78, 5) is 12.3. The van der Waals surface area contributed by atoms with E-state index in [1.807, 2.05) is 0 Å². The molecule has 0 aliphatic heterocycles. The van der Waals surface area contributed by atoms with E-state index in [0.717, 1.165) is 0 Å². The minimum atomic E-state index is -0.458. The number of anilines is 1. The summed E-state index contributed by atoms with van der Waals surface area (Å²) >= 11 is 15.3. The Bertz CT molecular complexity index is 916. The van der Waals surface area contributed by atoms with Gasteiger partial charge in [-0.1, -0.05) is 29.3 Å². The van der Waals surface area contributed by atoms with Gasteiger partial charge in [-0.2, -0.15) is 10.2 Å². The van der Waals surface area contributed by atoms with E-state index >= 15 is 0 Å². The maximum absolute atomic E-state index is 13.9. The van der Waals surface area contributed by atoms with Gasteiger partial charge in [0.05, 0.1) is 22.2 Å². The van der Waals surface area contributed by atoms with Gasteiger partial charge in [-0.25, -0.2) is 4.39 Å². The van der Waals surface area contributed by atoms with E-state index in [-0.39, 0.29) is 23.1 Å². The van der Waals surface area contributed by atoms with Crippen LogP contribution in [0, 0.1) is 5.82 Å². The third-order valence-electron chi connectivity index (χ3n) is 3.44. The first-order valence-corrected chi connectivity index (χ1v) is 8.56. The Morgan fingerprint density at radius 2 is 2.12 bits per heavy atom. The second-order valence-electron chi connectivity index (χ2n) is 5.14. The number of carbonyl (C=O) groups excluding carboxylic acids is 1. The molecule has 25 heavy (non-hydrogen) atoms. The smallest absolute Gasteiger partial charge is 0.276 e. The zero-order chi connectivity index (χ0) is 18.1. The van der Waals surface area contributed by atoms with Crippen LogP contribution >= 0.6 is 39.1 Å². The van der Waals surface area contributed by atoms with Crippen LogP contribution in [0.2, 0.25) is 10.0 Å². The molecule has 0 atom stereocenters. The van der Waals surface area contributed by atoms with E-state index in [1.54, 1.807) is 19.3 Å². The molecule has 1 N–H and O–H groups in total. The highest BCUT2D eigenvalue weighted by Gasteiger charge is 2.19.